The molecule has 0 bridgehead atoms. The average molecular weight is 524 g/mol. The molecule has 10 nitrogen and oxygen atoms in total. The van der Waals surface area contributed by atoms with E-state index in [4.69, 9.17) is 20.3 Å². The molecule has 1 unspecified atom stereocenters. The Morgan fingerprint density at radius 3 is 2.59 bits per heavy atom. The fourth-order valence-electron chi connectivity index (χ4n) is 3.33. The van der Waals surface area contributed by atoms with E-state index >= 15 is 0 Å². The number of benzene rings is 2. The number of hydrogen-bond acceptors (Lipinski definition) is 7. The Morgan fingerprint density at radius 1 is 1.22 bits per heavy atom. The molecule has 2 amide bonds. The first-order valence-electron chi connectivity index (χ1n) is 11.2. The van der Waals surface area contributed by atoms with E-state index in [0.717, 1.165) is 0 Å². The second kappa shape index (κ2) is 12.4. The number of para-hydroxylation sites is 1. The Balaban J connectivity index is 1.81. The van der Waals surface area contributed by atoms with E-state index in [2.05, 4.69) is 20.5 Å². The number of aromatic nitrogens is 2. The number of halogens is 3. The van der Waals surface area contributed by atoms with Gasteiger partial charge in [-0.1, -0.05) is 24.3 Å². The number of alkyl halides is 3. The Morgan fingerprint density at radius 2 is 1.95 bits per heavy atom. The smallest absolute Gasteiger partial charge is 0.475 e. The van der Waals surface area contributed by atoms with Crippen molar-refractivity contribution in [2.45, 2.75) is 32.5 Å². The molecule has 0 saturated heterocycles. The maximum atomic E-state index is 12.9. The molecule has 13 heteroatoms. The van der Waals surface area contributed by atoms with Crippen molar-refractivity contribution in [2.75, 3.05) is 25.6 Å². The first-order valence-corrected chi connectivity index (χ1v) is 11.2. The zero-order valence-corrected chi connectivity index (χ0v) is 20.2. The topological polar surface area (TPSA) is 133 Å². The van der Waals surface area contributed by atoms with Crippen molar-refractivity contribution in [3.63, 3.8) is 0 Å². The summed E-state index contributed by atoms with van der Waals surface area (Å²) in [5.74, 6) is 0.0291. The molecule has 37 heavy (non-hydrogen) atoms. The summed E-state index contributed by atoms with van der Waals surface area (Å²) in [6.45, 7) is 1.29. The number of amides is 2. The molecule has 0 radical (unpaired) electrons. The highest BCUT2D eigenvalue weighted by atomic mass is 19.4. The molecule has 0 spiro atoms. The molecule has 3 aromatic rings. The molecule has 1 atom stereocenters. The summed E-state index contributed by atoms with van der Waals surface area (Å²) in [7, 11) is 1.46. The SMILES string of the molecule is COCc1ccc(OC(F)(F)F)c(CNC(=O)Nc2c(C)c(OCC(N)CO)nn2-c2ccccc2)c1. The highest BCUT2D eigenvalue weighted by molar-refractivity contribution is 5.89. The predicted octanol–water partition coefficient (Wildman–Crippen LogP) is 3.25. The monoisotopic (exact) mass is 523 g/mol. The molecule has 0 aliphatic rings. The minimum Gasteiger partial charge on any atom is -0.475 e. The van der Waals surface area contributed by atoms with E-state index in [9.17, 15) is 18.0 Å². The van der Waals surface area contributed by atoms with E-state index in [1.54, 1.807) is 31.2 Å². The van der Waals surface area contributed by atoms with Crippen molar-refractivity contribution >= 4 is 11.8 Å². The standard InChI is InChI=1S/C24H28F3N5O5/c1-15-21(32(19-6-4-3-5-7-19)31-22(15)36-14-18(28)12-33)30-23(34)29-11-17-10-16(13-35-2)8-9-20(17)37-24(25,26)27/h3-10,18,33H,11-14,28H2,1-2H3,(H2,29,30,34). The van der Waals surface area contributed by atoms with Crippen LogP contribution >= 0.6 is 0 Å². The zero-order valence-electron chi connectivity index (χ0n) is 20.2. The summed E-state index contributed by atoms with van der Waals surface area (Å²) in [6.07, 6.45) is -4.89. The van der Waals surface area contributed by atoms with E-state index < -0.39 is 24.2 Å². The van der Waals surface area contributed by atoms with Gasteiger partial charge in [0.15, 0.2) is 0 Å². The Hall–Kier alpha value is -3.81. The van der Waals surface area contributed by atoms with E-state index in [1.165, 1.54) is 30.0 Å². The molecule has 5 N–H and O–H groups in total. The fourth-order valence-corrected chi connectivity index (χ4v) is 3.33. The van der Waals surface area contributed by atoms with Gasteiger partial charge in [-0.15, -0.1) is 18.3 Å². The molecule has 1 heterocycles. The van der Waals surface area contributed by atoms with Gasteiger partial charge in [-0.05, 0) is 36.8 Å². The van der Waals surface area contributed by atoms with Gasteiger partial charge in [-0.3, -0.25) is 5.32 Å². The lowest BCUT2D eigenvalue weighted by Crippen LogP contribution is -2.31. The van der Waals surface area contributed by atoms with Gasteiger partial charge < -0.3 is 30.4 Å². The Labute approximate surface area is 211 Å². The van der Waals surface area contributed by atoms with Gasteiger partial charge in [-0.2, -0.15) is 0 Å². The first-order chi connectivity index (χ1) is 17.6. The number of urea groups is 1. The molecule has 0 saturated carbocycles. The number of rotatable bonds is 11. The number of methoxy groups -OCH3 is 1. The van der Waals surface area contributed by atoms with Crippen LogP contribution in [0.25, 0.3) is 5.69 Å². The van der Waals surface area contributed by atoms with Gasteiger partial charge >= 0.3 is 12.4 Å². The zero-order chi connectivity index (χ0) is 27.0. The largest absolute Gasteiger partial charge is 0.573 e. The van der Waals surface area contributed by atoms with E-state index in [-0.39, 0.29) is 43.6 Å². The third-order valence-electron chi connectivity index (χ3n) is 5.08. The van der Waals surface area contributed by atoms with Crippen LogP contribution in [0.15, 0.2) is 48.5 Å². The molecule has 0 aliphatic carbocycles. The predicted molar refractivity (Wildman–Crippen MR) is 129 cm³/mol. The van der Waals surface area contributed by atoms with Crippen LogP contribution in [0.5, 0.6) is 11.6 Å². The highest BCUT2D eigenvalue weighted by Gasteiger charge is 2.32. The van der Waals surface area contributed by atoms with Crippen LogP contribution in [0, 0.1) is 6.92 Å². The van der Waals surface area contributed by atoms with Crippen LogP contribution in [0.1, 0.15) is 16.7 Å². The average Bonchev–Trinajstić information content (AvgIpc) is 3.17. The number of aliphatic hydroxyl groups is 1. The fraction of sp³-hybridized carbons (Fsp3) is 0.333. The molecular formula is C24H28F3N5O5. The van der Waals surface area contributed by atoms with Gasteiger partial charge in [0.25, 0.3) is 0 Å². The second-order valence-corrected chi connectivity index (χ2v) is 8.01. The molecule has 3 rings (SSSR count). The minimum atomic E-state index is -4.89. The van der Waals surface area contributed by atoms with Crippen LogP contribution in [0.3, 0.4) is 0 Å². The lowest BCUT2D eigenvalue weighted by molar-refractivity contribution is -0.274. The summed E-state index contributed by atoms with van der Waals surface area (Å²) >= 11 is 0. The summed E-state index contributed by atoms with van der Waals surface area (Å²) < 4.78 is 54.8. The molecule has 0 fully saturated rings. The number of anilines is 1. The van der Waals surface area contributed by atoms with Crippen LogP contribution in [-0.2, 0) is 17.9 Å². The molecule has 1 aromatic heterocycles. The van der Waals surface area contributed by atoms with Crippen molar-refractivity contribution in [3.8, 4) is 17.3 Å². The summed E-state index contributed by atoms with van der Waals surface area (Å²) in [5, 5.41) is 18.8. The molecular weight excluding hydrogens is 495 g/mol. The number of nitrogens with two attached hydrogens (primary N) is 1. The molecule has 200 valence electrons. The lowest BCUT2D eigenvalue weighted by atomic mass is 10.1. The van der Waals surface area contributed by atoms with Crippen LogP contribution < -0.4 is 25.8 Å². The summed E-state index contributed by atoms with van der Waals surface area (Å²) in [5.41, 5.74) is 7.52. The van der Waals surface area contributed by atoms with Crippen molar-refractivity contribution in [3.05, 3.63) is 65.2 Å². The van der Waals surface area contributed by atoms with Crippen LogP contribution in [0.2, 0.25) is 0 Å². The first kappa shape index (κ1) is 27.8. The summed E-state index contributed by atoms with van der Waals surface area (Å²) in [6, 6.07) is 11.7. The molecule has 2 aromatic carbocycles. The van der Waals surface area contributed by atoms with Crippen molar-refractivity contribution < 1.29 is 37.3 Å². The van der Waals surface area contributed by atoms with Gasteiger partial charge in [0, 0.05) is 19.2 Å². The number of nitrogens with one attached hydrogen (secondary N) is 2. The van der Waals surface area contributed by atoms with Gasteiger partial charge in [0.1, 0.15) is 18.2 Å². The molecule has 0 aliphatic heterocycles. The third kappa shape index (κ3) is 7.84. The Bertz CT molecular complexity index is 1190. The van der Waals surface area contributed by atoms with Crippen molar-refractivity contribution in [1.29, 1.82) is 0 Å². The van der Waals surface area contributed by atoms with Crippen molar-refractivity contribution in [2.24, 2.45) is 5.73 Å². The summed E-state index contributed by atoms with van der Waals surface area (Å²) in [4.78, 5) is 12.8. The van der Waals surface area contributed by atoms with E-state index in [0.29, 0.717) is 16.8 Å². The lowest BCUT2D eigenvalue weighted by Gasteiger charge is -2.16. The van der Waals surface area contributed by atoms with Gasteiger partial charge in [0.05, 0.1) is 30.5 Å². The van der Waals surface area contributed by atoms with Gasteiger partial charge in [0.2, 0.25) is 5.88 Å². The number of hydrogen-bond donors (Lipinski definition) is 4. The number of aliphatic hydroxyl groups excluding tert-OH is 1. The van der Waals surface area contributed by atoms with Crippen LogP contribution in [-0.4, -0.2) is 53.6 Å². The number of nitrogens with zero attached hydrogens (tertiary/aromatic N) is 2. The second-order valence-electron chi connectivity index (χ2n) is 8.01. The maximum Gasteiger partial charge on any atom is 0.573 e. The number of ether oxygens (including phenoxy) is 3. The van der Waals surface area contributed by atoms with E-state index in [1.807, 2.05) is 6.07 Å². The normalized spacial score (nSPS) is 12.2. The number of carbonyl (C=O) groups excluding carboxylic acids is 1. The Kier molecular flexibility index (Phi) is 9.33. The highest BCUT2D eigenvalue weighted by Crippen LogP contribution is 2.29. The third-order valence-corrected chi connectivity index (χ3v) is 5.08. The minimum absolute atomic E-state index is 0.00538. The number of carbonyl (C=O) groups is 1. The van der Waals surface area contributed by atoms with Gasteiger partial charge in [-0.25, -0.2) is 9.48 Å². The van der Waals surface area contributed by atoms with Crippen LogP contribution in [0.4, 0.5) is 23.8 Å². The van der Waals surface area contributed by atoms with Crippen molar-refractivity contribution in [1.82, 2.24) is 15.1 Å². The quantitative estimate of drug-likeness (QED) is 0.303. The maximum absolute atomic E-state index is 12.9.